The molecule has 37 heavy (non-hydrogen) atoms. The molecule has 1 aliphatic rings. The van der Waals surface area contributed by atoms with Crippen molar-refractivity contribution in [3.63, 3.8) is 0 Å². The molecule has 1 saturated heterocycles. The molecule has 3 rings (SSSR count). The van der Waals surface area contributed by atoms with Crippen molar-refractivity contribution < 1.29 is 14.3 Å². The molecule has 1 aromatic carbocycles. The Bertz CT molecular complexity index is 1220. The van der Waals surface area contributed by atoms with Crippen LogP contribution < -0.4 is 16.0 Å². The van der Waals surface area contributed by atoms with Crippen molar-refractivity contribution >= 4 is 29.6 Å². The summed E-state index contributed by atoms with van der Waals surface area (Å²) in [6.07, 6.45) is 0.891. The Kier molecular flexibility index (Phi) is 9.01. The first-order chi connectivity index (χ1) is 17.6. The molecular formula is C27H32N6O3S. The molecule has 0 spiro atoms. The Morgan fingerprint density at radius 3 is 2.32 bits per heavy atom. The summed E-state index contributed by atoms with van der Waals surface area (Å²) < 4.78 is 5.58. The zero-order chi connectivity index (χ0) is 27.2. The van der Waals surface area contributed by atoms with E-state index in [0.29, 0.717) is 59.9 Å². The average Bonchev–Trinajstić information content (AvgIpc) is 2.85. The minimum absolute atomic E-state index is 0.251. The number of amides is 2. The molecule has 0 aliphatic carbocycles. The van der Waals surface area contributed by atoms with Crippen molar-refractivity contribution in [3.8, 4) is 12.1 Å². The van der Waals surface area contributed by atoms with Crippen LogP contribution in [0.4, 0.5) is 10.6 Å². The van der Waals surface area contributed by atoms with Gasteiger partial charge in [0.25, 0.3) is 0 Å². The largest absolute Gasteiger partial charge is 0.446 e. The van der Waals surface area contributed by atoms with E-state index in [-0.39, 0.29) is 17.2 Å². The number of anilines is 1. The first-order valence-corrected chi connectivity index (χ1v) is 13.1. The summed E-state index contributed by atoms with van der Waals surface area (Å²) in [5.41, 5.74) is 7.28. The number of thioether (sulfide) groups is 1. The normalized spacial score (nSPS) is 14.8. The number of hydrogen-bond donors (Lipinski definition) is 2. The van der Waals surface area contributed by atoms with Crippen molar-refractivity contribution in [1.82, 2.24) is 10.3 Å². The SMILES string of the molecule is CCc1c(C#N)c(S[C@@H](C(N)=O)c2ccccc2)nc(N2CCC(OC(=O)NC(C)(C)C)CC2)c1C#N. The summed E-state index contributed by atoms with van der Waals surface area (Å²) in [7, 11) is 0. The van der Waals surface area contributed by atoms with Crippen LogP contribution >= 0.6 is 11.8 Å². The molecule has 1 atom stereocenters. The topological polar surface area (TPSA) is 145 Å². The average molecular weight is 521 g/mol. The smallest absolute Gasteiger partial charge is 0.407 e. The fourth-order valence-corrected chi connectivity index (χ4v) is 5.26. The molecule has 2 amide bonds. The minimum Gasteiger partial charge on any atom is -0.446 e. The van der Waals surface area contributed by atoms with Gasteiger partial charge in [-0.25, -0.2) is 9.78 Å². The number of piperidine rings is 1. The fraction of sp³-hybridized carbons (Fsp3) is 0.444. The van der Waals surface area contributed by atoms with Crippen molar-refractivity contribution in [2.75, 3.05) is 18.0 Å². The number of carbonyl (C=O) groups excluding carboxylic acids is 2. The van der Waals surface area contributed by atoms with Crippen molar-refractivity contribution in [1.29, 1.82) is 10.5 Å². The Morgan fingerprint density at radius 1 is 1.19 bits per heavy atom. The summed E-state index contributed by atoms with van der Waals surface area (Å²) >= 11 is 1.12. The number of nitrogens with zero attached hydrogens (tertiary/aromatic N) is 4. The van der Waals surface area contributed by atoms with Crippen LogP contribution in [0.25, 0.3) is 0 Å². The van der Waals surface area contributed by atoms with E-state index in [1.54, 1.807) is 12.1 Å². The van der Waals surface area contributed by atoms with Crippen LogP contribution in [0.15, 0.2) is 35.4 Å². The highest BCUT2D eigenvalue weighted by atomic mass is 32.2. The van der Waals surface area contributed by atoms with Crippen LogP contribution in [-0.2, 0) is 16.0 Å². The van der Waals surface area contributed by atoms with Gasteiger partial charge in [0.1, 0.15) is 34.3 Å². The molecule has 0 unspecified atom stereocenters. The van der Waals surface area contributed by atoms with Crippen LogP contribution in [0.5, 0.6) is 0 Å². The van der Waals surface area contributed by atoms with Gasteiger partial charge in [0.2, 0.25) is 5.91 Å². The number of pyridine rings is 1. The van der Waals surface area contributed by atoms with Crippen molar-refractivity contribution in [2.24, 2.45) is 5.73 Å². The van der Waals surface area contributed by atoms with Crippen LogP contribution in [0.1, 0.15) is 68.0 Å². The number of hydrogen-bond acceptors (Lipinski definition) is 8. The second kappa shape index (κ2) is 12.0. The lowest BCUT2D eigenvalue weighted by Crippen LogP contribution is -2.45. The van der Waals surface area contributed by atoms with Gasteiger partial charge in [-0.3, -0.25) is 4.79 Å². The van der Waals surface area contributed by atoms with Gasteiger partial charge in [-0.05, 0) is 38.3 Å². The summed E-state index contributed by atoms with van der Waals surface area (Å²) in [5, 5.41) is 22.4. The van der Waals surface area contributed by atoms with E-state index >= 15 is 0 Å². The molecule has 1 fully saturated rings. The quantitative estimate of drug-likeness (QED) is 0.517. The lowest BCUT2D eigenvalue weighted by atomic mass is 10.0. The predicted molar refractivity (Wildman–Crippen MR) is 142 cm³/mol. The number of benzene rings is 1. The molecule has 1 aliphatic heterocycles. The first kappa shape index (κ1) is 27.8. The Balaban J connectivity index is 1.91. The number of nitrogens with one attached hydrogen (secondary N) is 1. The third-order valence-corrected chi connectivity index (χ3v) is 7.17. The van der Waals surface area contributed by atoms with Gasteiger partial charge in [0, 0.05) is 31.5 Å². The Morgan fingerprint density at radius 2 is 1.81 bits per heavy atom. The minimum atomic E-state index is -0.744. The van der Waals surface area contributed by atoms with E-state index < -0.39 is 17.3 Å². The highest BCUT2D eigenvalue weighted by molar-refractivity contribution is 8.00. The van der Waals surface area contributed by atoms with Crippen LogP contribution in [0.3, 0.4) is 0 Å². The predicted octanol–water partition coefficient (Wildman–Crippen LogP) is 4.20. The Hall–Kier alpha value is -3.76. The number of nitrogens with two attached hydrogens (primary N) is 1. The van der Waals surface area contributed by atoms with E-state index in [0.717, 1.165) is 11.8 Å². The van der Waals surface area contributed by atoms with E-state index in [2.05, 4.69) is 17.5 Å². The highest BCUT2D eigenvalue weighted by Crippen LogP contribution is 2.40. The summed E-state index contributed by atoms with van der Waals surface area (Å²) in [4.78, 5) is 31.3. The zero-order valence-electron chi connectivity index (χ0n) is 21.6. The molecule has 194 valence electrons. The maximum absolute atomic E-state index is 12.4. The van der Waals surface area contributed by atoms with Crippen molar-refractivity contribution in [3.05, 3.63) is 52.6 Å². The van der Waals surface area contributed by atoms with Gasteiger partial charge in [-0.15, -0.1) is 0 Å². The molecule has 2 aromatic rings. The van der Waals surface area contributed by atoms with Crippen LogP contribution in [0.2, 0.25) is 0 Å². The van der Waals surface area contributed by atoms with Gasteiger partial charge in [0.15, 0.2) is 0 Å². The van der Waals surface area contributed by atoms with Gasteiger partial charge >= 0.3 is 6.09 Å². The molecule has 10 heteroatoms. The number of nitriles is 2. The molecule has 0 bridgehead atoms. The van der Waals surface area contributed by atoms with E-state index in [1.807, 2.05) is 50.8 Å². The molecule has 3 N–H and O–H groups in total. The molecule has 0 radical (unpaired) electrons. The van der Waals surface area contributed by atoms with E-state index in [9.17, 15) is 20.1 Å². The van der Waals surface area contributed by atoms with Gasteiger partial charge in [-0.1, -0.05) is 49.0 Å². The summed E-state index contributed by atoms with van der Waals surface area (Å²) in [6, 6.07) is 13.5. The number of rotatable bonds is 7. The molecule has 0 saturated carbocycles. The van der Waals surface area contributed by atoms with Crippen LogP contribution in [-0.4, -0.2) is 41.7 Å². The second-order valence-electron chi connectivity index (χ2n) is 9.82. The van der Waals surface area contributed by atoms with Crippen molar-refractivity contribution in [2.45, 2.75) is 68.9 Å². The van der Waals surface area contributed by atoms with E-state index in [1.165, 1.54) is 0 Å². The summed E-state index contributed by atoms with van der Waals surface area (Å²) in [6.45, 7) is 8.58. The summed E-state index contributed by atoms with van der Waals surface area (Å²) in [5.74, 6) is -0.0768. The number of aromatic nitrogens is 1. The van der Waals surface area contributed by atoms with Gasteiger partial charge < -0.3 is 20.7 Å². The second-order valence-corrected chi connectivity index (χ2v) is 10.9. The monoisotopic (exact) mass is 520 g/mol. The standard InChI is InChI=1S/C27H32N6O3S/c1-5-19-20(15-28)24(33-13-11-18(12-14-33)36-26(35)32-27(2,3)4)31-25(21(19)16-29)37-22(23(30)34)17-9-7-6-8-10-17/h6-10,18,22H,5,11-14H2,1-4H3,(H2,30,34)(H,32,35)/t22-/m1/s1. The molecule has 2 heterocycles. The maximum Gasteiger partial charge on any atom is 0.407 e. The molecular weight excluding hydrogens is 488 g/mol. The van der Waals surface area contributed by atoms with Gasteiger partial charge in [-0.2, -0.15) is 10.5 Å². The third kappa shape index (κ3) is 6.93. The lowest BCUT2D eigenvalue weighted by Gasteiger charge is -2.34. The fourth-order valence-electron chi connectivity index (χ4n) is 4.20. The maximum atomic E-state index is 12.4. The number of primary amides is 1. The van der Waals surface area contributed by atoms with Crippen LogP contribution in [0, 0.1) is 22.7 Å². The first-order valence-electron chi connectivity index (χ1n) is 12.2. The Labute approximate surface area is 222 Å². The number of ether oxygens (including phenoxy) is 1. The molecule has 9 nitrogen and oxygen atoms in total. The van der Waals surface area contributed by atoms with E-state index in [4.69, 9.17) is 15.5 Å². The molecule has 1 aromatic heterocycles. The number of carbonyl (C=O) groups is 2. The third-order valence-electron chi connectivity index (χ3n) is 5.91. The highest BCUT2D eigenvalue weighted by Gasteiger charge is 2.30. The van der Waals surface area contributed by atoms with Gasteiger partial charge in [0.05, 0.1) is 11.1 Å². The number of alkyl carbamates (subject to hydrolysis) is 1. The lowest BCUT2D eigenvalue weighted by molar-refractivity contribution is -0.117. The zero-order valence-corrected chi connectivity index (χ0v) is 22.4.